The number of benzene rings is 1. The number of amides is 1. The van der Waals surface area contributed by atoms with Gasteiger partial charge in [-0.2, -0.15) is 0 Å². The molecule has 1 aliphatic heterocycles. The summed E-state index contributed by atoms with van der Waals surface area (Å²) in [5, 5.41) is 0. The van der Waals surface area contributed by atoms with Gasteiger partial charge in [-0.25, -0.2) is 4.79 Å². The molecule has 6 heteroatoms. The van der Waals surface area contributed by atoms with Gasteiger partial charge in [0.15, 0.2) is 6.61 Å². The standard InChI is InChI=1S/C16H21BrN2O3/c1-10-4-3-5-11(2)19(10)15(20)9-22-16(21)13-8-12(17)6-7-14(13)18/h6-8,10-11H,3-5,9,18H2,1-2H3/t10-,11+. The van der Waals surface area contributed by atoms with E-state index in [1.165, 1.54) is 0 Å². The van der Waals surface area contributed by atoms with E-state index in [-0.39, 0.29) is 30.2 Å². The fraction of sp³-hybridized carbons (Fsp3) is 0.500. The van der Waals surface area contributed by atoms with Crippen molar-refractivity contribution in [3.63, 3.8) is 0 Å². The molecule has 1 saturated heterocycles. The topological polar surface area (TPSA) is 72.6 Å². The number of halogens is 1. The number of nitrogen functional groups attached to an aromatic ring is 1. The molecule has 0 saturated carbocycles. The first-order valence-electron chi connectivity index (χ1n) is 7.43. The summed E-state index contributed by atoms with van der Waals surface area (Å²) in [4.78, 5) is 26.2. The zero-order valence-corrected chi connectivity index (χ0v) is 14.4. The lowest BCUT2D eigenvalue weighted by molar-refractivity contribution is -0.140. The Morgan fingerprint density at radius 2 is 1.95 bits per heavy atom. The summed E-state index contributed by atoms with van der Waals surface area (Å²) in [6.45, 7) is 3.81. The van der Waals surface area contributed by atoms with Gasteiger partial charge in [0.05, 0.1) is 5.56 Å². The summed E-state index contributed by atoms with van der Waals surface area (Å²) in [5.74, 6) is -0.730. The van der Waals surface area contributed by atoms with Gasteiger partial charge in [0.2, 0.25) is 0 Å². The number of rotatable bonds is 3. The molecule has 2 rings (SSSR count). The van der Waals surface area contributed by atoms with Crippen LogP contribution in [-0.4, -0.2) is 35.5 Å². The molecule has 120 valence electrons. The maximum atomic E-state index is 12.3. The van der Waals surface area contributed by atoms with Crippen LogP contribution in [0.2, 0.25) is 0 Å². The molecule has 1 aliphatic rings. The van der Waals surface area contributed by atoms with Crippen LogP contribution >= 0.6 is 15.9 Å². The number of carbonyl (C=O) groups is 2. The molecule has 0 bridgehead atoms. The quantitative estimate of drug-likeness (QED) is 0.657. The SMILES string of the molecule is C[C@@H]1CCC[C@H](C)N1C(=O)COC(=O)c1cc(Br)ccc1N. The molecule has 0 spiro atoms. The number of esters is 1. The van der Waals surface area contributed by atoms with Crippen molar-refractivity contribution in [1.82, 2.24) is 4.90 Å². The first-order chi connectivity index (χ1) is 10.4. The molecule has 1 fully saturated rings. The minimum absolute atomic E-state index is 0.151. The Hall–Kier alpha value is -1.56. The van der Waals surface area contributed by atoms with E-state index in [2.05, 4.69) is 15.9 Å². The molecule has 2 atom stereocenters. The second kappa shape index (κ2) is 7.13. The number of likely N-dealkylation sites (tertiary alicyclic amines) is 1. The Kier molecular flexibility index (Phi) is 5.45. The molecule has 1 aromatic rings. The maximum Gasteiger partial charge on any atom is 0.340 e. The van der Waals surface area contributed by atoms with Crippen molar-refractivity contribution in [3.8, 4) is 0 Å². The van der Waals surface area contributed by atoms with E-state index >= 15 is 0 Å². The lowest BCUT2D eigenvalue weighted by atomic mass is 9.97. The highest BCUT2D eigenvalue weighted by Crippen LogP contribution is 2.23. The van der Waals surface area contributed by atoms with E-state index in [4.69, 9.17) is 10.5 Å². The summed E-state index contributed by atoms with van der Waals surface area (Å²) in [5.41, 5.74) is 6.37. The van der Waals surface area contributed by atoms with Gasteiger partial charge in [-0.3, -0.25) is 4.79 Å². The zero-order valence-electron chi connectivity index (χ0n) is 12.8. The van der Waals surface area contributed by atoms with E-state index in [9.17, 15) is 9.59 Å². The Morgan fingerprint density at radius 1 is 1.32 bits per heavy atom. The third kappa shape index (κ3) is 3.80. The Morgan fingerprint density at radius 3 is 2.59 bits per heavy atom. The maximum absolute atomic E-state index is 12.3. The predicted molar refractivity (Wildman–Crippen MR) is 88.5 cm³/mol. The van der Waals surface area contributed by atoms with Gasteiger partial charge < -0.3 is 15.4 Å². The van der Waals surface area contributed by atoms with Gasteiger partial charge in [0.25, 0.3) is 5.91 Å². The average Bonchev–Trinajstić information content (AvgIpc) is 2.47. The molecule has 0 aliphatic carbocycles. The largest absolute Gasteiger partial charge is 0.452 e. The van der Waals surface area contributed by atoms with Crippen molar-refractivity contribution in [2.45, 2.75) is 45.2 Å². The van der Waals surface area contributed by atoms with Crippen molar-refractivity contribution >= 4 is 33.5 Å². The normalized spacial score (nSPS) is 21.5. The smallest absolute Gasteiger partial charge is 0.340 e. The van der Waals surface area contributed by atoms with Crippen molar-refractivity contribution in [2.24, 2.45) is 0 Å². The Labute approximate surface area is 138 Å². The number of carbonyl (C=O) groups excluding carboxylic acids is 2. The molecule has 2 N–H and O–H groups in total. The number of ether oxygens (including phenoxy) is 1. The molecule has 0 unspecified atom stereocenters. The lowest BCUT2D eigenvalue weighted by Crippen LogP contribution is -2.49. The van der Waals surface area contributed by atoms with Crippen LogP contribution in [0, 0.1) is 0 Å². The van der Waals surface area contributed by atoms with Crippen LogP contribution in [0.3, 0.4) is 0 Å². The number of hydrogen-bond donors (Lipinski definition) is 1. The minimum Gasteiger partial charge on any atom is -0.452 e. The van der Waals surface area contributed by atoms with Gasteiger partial charge in [0, 0.05) is 22.2 Å². The monoisotopic (exact) mass is 368 g/mol. The second-order valence-corrected chi connectivity index (χ2v) is 6.65. The number of nitrogens with two attached hydrogens (primary N) is 1. The third-order valence-electron chi connectivity index (χ3n) is 4.04. The molecular formula is C16H21BrN2O3. The van der Waals surface area contributed by atoms with Gasteiger partial charge in [-0.05, 0) is 51.3 Å². The van der Waals surface area contributed by atoms with E-state index in [1.54, 1.807) is 18.2 Å². The average molecular weight is 369 g/mol. The number of anilines is 1. The first kappa shape index (κ1) is 16.8. The summed E-state index contributed by atoms with van der Waals surface area (Å²) >= 11 is 3.28. The van der Waals surface area contributed by atoms with Crippen LogP contribution in [0.1, 0.15) is 43.5 Å². The van der Waals surface area contributed by atoms with Crippen LogP contribution in [-0.2, 0) is 9.53 Å². The van der Waals surface area contributed by atoms with Crippen LogP contribution in [0.5, 0.6) is 0 Å². The second-order valence-electron chi connectivity index (χ2n) is 5.74. The van der Waals surface area contributed by atoms with Crippen molar-refractivity contribution in [1.29, 1.82) is 0 Å². The van der Waals surface area contributed by atoms with Gasteiger partial charge >= 0.3 is 5.97 Å². The molecule has 1 aromatic carbocycles. The van der Waals surface area contributed by atoms with Crippen LogP contribution in [0.25, 0.3) is 0 Å². The number of piperidine rings is 1. The van der Waals surface area contributed by atoms with Crippen LogP contribution < -0.4 is 5.73 Å². The van der Waals surface area contributed by atoms with Crippen LogP contribution in [0.15, 0.2) is 22.7 Å². The fourth-order valence-corrected chi connectivity index (χ4v) is 3.26. The predicted octanol–water partition coefficient (Wildman–Crippen LogP) is 2.98. The molecule has 1 heterocycles. The van der Waals surface area contributed by atoms with E-state index < -0.39 is 5.97 Å². The van der Waals surface area contributed by atoms with Crippen molar-refractivity contribution in [3.05, 3.63) is 28.2 Å². The number of hydrogen-bond acceptors (Lipinski definition) is 4. The highest BCUT2D eigenvalue weighted by Gasteiger charge is 2.29. The summed E-state index contributed by atoms with van der Waals surface area (Å²) in [6.07, 6.45) is 3.10. The molecule has 1 amide bonds. The van der Waals surface area contributed by atoms with Gasteiger partial charge in [0.1, 0.15) is 0 Å². The zero-order chi connectivity index (χ0) is 16.3. The lowest BCUT2D eigenvalue weighted by Gasteiger charge is -2.38. The Bertz CT molecular complexity index is 567. The van der Waals surface area contributed by atoms with Gasteiger partial charge in [-0.15, -0.1) is 0 Å². The number of nitrogens with zero attached hydrogens (tertiary/aromatic N) is 1. The van der Waals surface area contributed by atoms with E-state index in [0.717, 1.165) is 23.7 Å². The summed E-state index contributed by atoms with van der Waals surface area (Å²) in [6, 6.07) is 5.33. The molecule has 22 heavy (non-hydrogen) atoms. The minimum atomic E-state index is -0.579. The molecule has 0 aromatic heterocycles. The fourth-order valence-electron chi connectivity index (χ4n) is 2.90. The highest BCUT2D eigenvalue weighted by molar-refractivity contribution is 9.10. The third-order valence-corrected chi connectivity index (χ3v) is 4.54. The Balaban J connectivity index is 1.98. The summed E-state index contributed by atoms with van der Waals surface area (Å²) in [7, 11) is 0. The van der Waals surface area contributed by atoms with E-state index in [1.807, 2.05) is 18.7 Å². The van der Waals surface area contributed by atoms with Crippen molar-refractivity contribution < 1.29 is 14.3 Å². The molecule has 5 nitrogen and oxygen atoms in total. The molecular weight excluding hydrogens is 348 g/mol. The van der Waals surface area contributed by atoms with Crippen molar-refractivity contribution in [2.75, 3.05) is 12.3 Å². The highest BCUT2D eigenvalue weighted by atomic mass is 79.9. The summed E-state index contributed by atoms with van der Waals surface area (Å²) < 4.78 is 5.88. The first-order valence-corrected chi connectivity index (χ1v) is 8.22. The molecule has 0 radical (unpaired) electrons. The van der Waals surface area contributed by atoms with E-state index in [0.29, 0.717) is 5.69 Å². The van der Waals surface area contributed by atoms with Crippen LogP contribution in [0.4, 0.5) is 5.69 Å². The van der Waals surface area contributed by atoms with Gasteiger partial charge in [-0.1, -0.05) is 15.9 Å².